The molecule has 0 bridgehead atoms. The van der Waals surface area contributed by atoms with Gasteiger partial charge in [0.15, 0.2) is 5.82 Å². The molecule has 2 aromatic heterocycles. The molecule has 308 valence electrons. The first-order valence-corrected chi connectivity index (χ1v) is 22.7. The van der Waals surface area contributed by atoms with Crippen molar-refractivity contribution >= 4 is 32.6 Å². The van der Waals surface area contributed by atoms with Crippen molar-refractivity contribution in [1.82, 2.24) is 14.5 Å². The standard InChI is InChI=1S/C63H41N3/c1-4-18-43(19-5-1)62-64-58(44-34-37-52-51-26-12-15-29-56(51)63(57(52)40-44,45-20-6-2-7-21-45)46-22-8-3-9-23-46)41-59(65-62)53-39-38-48(49-24-10-11-25-50(49)53)42-32-35-47(36-33-42)66-60-30-16-13-27-54(60)55-28-14-17-31-61(55)66/h1-41H. The summed E-state index contributed by atoms with van der Waals surface area (Å²) in [4.78, 5) is 10.7. The Morgan fingerprint density at radius 2 is 0.788 bits per heavy atom. The molecule has 0 amide bonds. The zero-order valence-electron chi connectivity index (χ0n) is 36.0. The van der Waals surface area contributed by atoms with E-state index in [-0.39, 0.29) is 0 Å². The monoisotopic (exact) mass is 839 g/mol. The number of hydrogen-bond acceptors (Lipinski definition) is 2. The number of para-hydroxylation sites is 2. The third kappa shape index (κ3) is 5.84. The van der Waals surface area contributed by atoms with Crippen LogP contribution in [0.1, 0.15) is 22.3 Å². The highest BCUT2D eigenvalue weighted by Crippen LogP contribution is 2.56. The van der Waals surface area contributed by atoms with Gasteiger partial charge in [-0.05, 0) is 91.7 Å². The molecule has 1 aliphatic carbocycles. The lowest BCUT2D eigenvalue weighted by molar-refractivity contribution is 0.768. The highest BCUT2D eigenvalue weighted by molar-refractivity contribution is 6.09. The van der Waals surface area contributed by atoms with Gasteiger partial charge in [0.1, 0.15) is 0 Å². The van der Waals surface area contributed by atoms with Crippen molar-refractivity contribution in [3.05, 3.63) is 271 Å². The van der Waals surface area contributed by atoms with Crippen LogP contribution in [-0.2, 0) is 5.41 Å². The lowest BCUT2D eigenvalue weighted by Gasteiger charge is -2.34. The van der Waals surface area contributed by atoms with E-state index in [1.54, 1.807) is 0 Å². The Morgan fingerprint density at radius 1 is 0.303 bits per heavy atom. The van der Waals surface area contributed by atoms with Gasteiger partial charge in [0, 0.05) is 33.2 Å². The quantitative estimate of drug-likeness (QED) is 0.160. The van der Waals surface area contributed by atoms with Gasteiger partial charge in [-0.2, -0.15) is 0 Å². The molecule has 12 aromatic rings. The SMILES string of the molecule is c1ccc(-c2nc(-c3ccc4c(c3)C(c3ccccc3)(c3ccccc3)c3ccccc3-4)cc(-c3ccc(-c4ccc(-n5c6ccccc6c6ccccc65)cc4)c4ccccc34)n2)cc1. The summed E-state index contributed by atoms with van der Waals surface area (Å²) >= 11 is 0. The summed E-state index contributed by atoms with van der Waals surface area (Å²) in [6, 6.07) is 89.9. The first-order chi connectivity index (χ1) is 32.7. The molecule has 13 rings (SSSR count). The van der Waals surface area contributed by atoms with Crippen LogP contribution < -0.4 is 0 Å². The van der Waals surface area contributed by atoms with Crippen LogP contribution in [-0.4, -0.2) is 14.5 Å². The lowest BCUT2D eigenvalue weighted by atomic mass is 9.67. The van der Waals surface area contributed by atoms with E-state index in [1.807, 2.05) is 6.07 Å². The van der Waals surface area contributed by atoms with Crippen molar-refractivity contribution in [2.24, 2.45) is 0 Å². The minimum absolute atomic E-state index is 0.518. The van der Waals surface area contributed by atoms with Gasteiger partial charge in [-0.15, -0.1) is 0 Å². The lowest BCUT2D eigenvalue weighted by Crippen LogP contribution is -2.28. The molecule has 3 nitrogen and oxygen atoms in total. The summed E-state index contributed by atoms with van der Waals surface area (Å²) in [5, 5.41) is 4.83. The Morgan fingerprint density at radius 3 is 1.45 bits per heavy atom. The van der Waals surface area contributed by atoms with Crippen molar-refractivity contribution in [1.29, 1.82) is 0 Å². The maximum atomic E-state index is 5.37. The fourth-order valence-electron chi connectivity index (χ4n) is 10.8. The highest BCUT2D eigenvalue weighted by Gasteiger charge is 2.46. The Labute approximate surface area is 383 Å². The average Bonchev–Trinajstić information content (AvgIpc) is 3.89. The summed E-state index contributed by atoms with van der Waals surface area (Å²) < 4.78 is 2.37. The van der Waals surface area contributed by atoms with Crippen LogP contribution in [0.2, 0.25) is 0 Å². The fraction of sp³-hybridized carbons (Fsp3) is 0.0159. The van der Waals surface area contributed by atoms with Crippen molar-refractivity contribution in [2.75, 3.05) is 0 Å². The normalized spacial score (nSPS) is 12.7. The Balaban J connectivity index is 0.965. The van der Waals surface area contributed by atoms with E-state index in [2.05, 4.69) is 247 Å². The number of hydrogen-bond donors (Lipinski definition) is 0. The van der Waals surface area contributed by atoms with E-state index in [1.165, 1.54) is 66.1 Å². The molecule has 0 atom stereocenters. The maximum Gasteiger partial charge on any atom is 0.160 e. The van der Waals surface area contributed by atoms with Crippen LogP contribution in [0.5, 0.6) is 0 Å². The molecule has 0 unspecified atom stereocenters. The molecule has 0 fully saturated rings. The summed E-state index contributed by atoms with van der Waals surface area (Å²) in [7, 11) is 0. The molecule has 0 aliphatic heterocycles. The number of fused-ring (bicyclic) bond motifs is 7. The largest absolute Gasteiger partial charge is 0.309 e. The Hall–Kier alpha value is -8.66. The zero-order valence-corrected chi connectivity index (χ0v) is 36.0. The molecule has 10 aromatic carbocycles. The Bertz CT molecular complexity index is 3700. The van der Waals surface area contributed by atoms with Gasteiger partial charge in [-0.3, -0.25) is 0 Å². The molecule has 1 aliphatic rings. The molecule has 0 spiro atoms. The van der Waals surface area contributed by atoms with Crippen LogP contribution in [0.3, 0.4) is 0 Å². The van der Waals surface area contributed by atoms with Crippen LogP contribution >= 0.6 is 0 Å². The summed E-state index contributed by atoms with van der Waals surface area (Å²) in [5.41, 5.74) is 17.7. The Kier molecular flexibility index (Phi) is 8.75. The first kappa shape index (κ1) is 37.9. The topological polar surface area (TPSA) is 30.7 Å². The van der Waals surface area contributed by atoms with Gasteiger partial charge in [-0.25, -0.2) is 9.97 Å². The molecule has 0 saturated heterocycles. The summed E-state index contributed by atoms with van der Waals surface area (Å²) in [6.45, 7) is 0. The number of benzene rings is 10. The van der Waals surface area contributed by atoms with Gasteiger partial charge in [-0.1, -0.05) is 212 Å². The van der Waals surface area contributed by atoms with Gasteiger partial charge >= 0.3 is 0 Å². The van der Waals surface area contributed by atoms with Crippen molar-refractivity contribution in [3.63, 3.8) is 0 Å². The molecule has 66 heavy (non-hydrogen) atoms. The molecule has 0 N–H and O–H groups in total. The number of nitrogens with zero attached hydrogens (tertiary/aromatic N) is 3. The summed E-state index contributed by atoms with van der Waals surface area (Å²) in [6.07, 6.45) is 0. The second-order valence-corrected chi connectivity index (χ2v) is 17.2. The fourth-order valence-corrected chi connectivity index (χ4v) is 10.8. The minimum atomic E-state index is -0.518. The van der Waals surface area contributed by atoms with E-state index in [0.717, 1.165) is 44.7 Å². The van der Waals surface area contributed by atoms with E-state index in [0.29, 0.717) is 5.82 Å². The molecule has 3 heteroatoms. The van der Waals surface area contributed by atoms with E-state index >= 15 is 0 Å². The van der Waals surface area contributed by atoms with Crippen molar-refractivity contribution in [3.8, 4) is 61.8 Å². The second kappa shape index (κ2) is 15.3. The predicted octanol–water partition coefficient (Wildman–Crippen LogP) is 15.8. The zero-order chi connectivity index (χ0) is 43.6. The number of aromatic nitrogens is 3. The van der Waals surface area contributed by atoms with Gasteiger partial charge in [0.25, 0.3) is 0 Å². The predicted molar refractivity (Wildman–Crippen MR) is 273 cm³/mol. The average molecular weight is 840 g/mol. The number of rotatable bonds is 7. The van der Waals surface area contributed by atoms with Crippen molar-refractivity contribution < 1.29 is 0 Å². The smallest absolute Gasteiger partial charge is 0.160 e. The van der Waals surface area contributed by atoms with Gasteiger partial charge in [0.2, 0.25) is 0 Å². The molecule has 0 radical (unpaired) electrons. The maximum absolute atomic E-state index is 5.37. The van der Waals surface area contributed by atoms with Crippen molar-refractivity contribution in [2.45, 2.75) is 5.41 Å². The van der Waals surface area contributed by atoms with Crippen LogP contribution in [0.4, 0.5) is 0 Å². The summed E-state index contributed by atoms with van der Waals surface area (Å²) in [5.74, 6) is 0.693. The molecular formula is C63H41N3. The minimum Gasteiger partial charge on any atom is -0.309 e. The van der Waals surface area contributed by atoms with Gasteiger partial charge in [0.05, 0.1) is 27.8 Å². The molecule has 0 saturated carbocycles. The van der Waals surface area contributed by atoms with E-state index < -0.39 is 5.41 Å². The van der Waals surface area contributed by atoms with Crippen LogP contribution in [0.25, 0.3) is 94.4 Å². The second-order valence-electron chi connectivity index (χ2n) is 17.2. The van der Waals surface area contributed by atoms with E-state index in [4.69, 9.17) is 9.97 Å². The van der Waals surface area contributed by atoms with Crippen LogP contribution in [0.15, 0.2) is 249 Å². The first-order valence-electron chi connectivity index (χ1n) is 22.7. The molecular weight excluding hydrogens is 799 g/mol. The van der Waals surface area contributed by atoms with Gasteiger partial charge < -0.3 is 4.57 Å². The van der Waals surface area contributed by atoms with E-state index in [9.17, 15) is 0 Å². The third-order valence-electron chi connectivity index (χ3n) is 13.7. The van der Waals surface area contributed by atoms with Crippen LogP contribution in [0, 0.1) is 0 Å². The highest BCUT2D eigenvalue weighted by atomic mass is 15.0. The third-order valence-corrected chi connectivity index (χ3v) is 13.7. The molecule has 2 heterocycles.